The van der Waals surface area contributed by atoms with Crippen molar-refractivity contribution >= 4 is 26.1 Å². The quantitative estimate of drug-likeness (QED) is 0.674. The predicted octanol–water partition coefficient (Wildman–Crippen LogP) is 2.41. The van der Waals surface area contributed by atoms with Crippen molar-refractivity contribution in [1.29, 1.82) is 0 Å². The van der Waals surface area contributed by atoms with E-state index in [4.69, 9.17) is 0 Å². The zero-order valence-corrected chi connectivity index (χ0v) is 10.1. The van der Waals surface area contributed by atoms with E-state index in [-0.39, 0.29) is 9.68 Å². The molecule has 0 saturated carbocycles. The van der Waals surface area contributed by atoms with Crippen molar-refractivity contribution in [1.82, 2.24) is 0 Å². The van der Waals surface area contributed by atoms with Gasteiger partial charge in [-0.2, -0.15) is 0 Å². The number of rotatable bonds is 2. The molecule has 0 saturated heterocycles. The number of benzene rings is 2. The molecular formula is C12H15NSi. The fraction of sp³-hybridized carbons (Fsp3) is 0.167. The second-order valence-electron chi connectivity index (χ2n) is 3.51. The molecule has 0 unspecified atom stereocenters. The Hall–Kier alpha value is -1.28. The first-order valence-electron chi connectivity index (χ1n) is 5.02. The zero-order valence-electron chi connectivity index (χ0n) is 8.70. The lowest BCUT2D eigenvalue weighted by molar-refractivity contribution is 1.34. The molecule has 0 heterocycles. The van der Waals surface area contributed by atoms with Crippen LogP contribution >= 0.6 is 0 Å². The van der Waals surface area contributed by atoms with E-state index in [1.165, 1.54) is 16.5 Å². The minimum atomic E-state index is -0.115. The highest BCUT2D eigenvalue weighted by Gasteiger charge is 2.02. The second kappa shape index (κ2) is 3.84. The topological polar surface area (TPSA) is 3.24 Å². The summed E-state index contributed by atoms with van der Waals surface area (Å²) in [7, 11) is 2.07. The summed E-state index contributed by atoms with van der Waals surface area (Å²) < 4.78 is 2.41. The molecule has 0 aliphatic carbocycles. The van der Waals surface area contributed by atoms with Crippen LogP contribution in [0.15, 0.2) is 42.5 Å². The molecule has 0 aromatic heterocycles. The van der Waals surface area contributed by atoms with Gasteiger partial charge in [-0.05, 0) is 18.5 Å². The van der Waals surface area contributed by atoms with Gasteiger partial charge < -0.3 is 4.57 Å². The fourth-order valence-electron chi connectivity index (χ4n) is 1.71. The standard InChI is InChI=1S/C12H15NSi/c1-13(14-2)12-9-5-7-10-6-3-4-8-11(10)12/h3-9H,14H2,1-2H3. The number of fused-ring (bicyclic) bond motifs is 1. The Bertz CT molecular complexity index is 434. The van der Waals surface area contributed by atoms with Gasteiger partial charge in [0.25, 0.3) is 0 Å². The average molecular weight is 201 g/mol. The summed E-state index contributed by atoms with van der Waals surface area (Å²) in [5, 5.41) is 2.70. The molecule has 0 N–H and O–H groups in total. The Labute approximate surface area is 87.3 Å². The molecule has 0 spiro atoms. The largest absolute Gasteiger partial charge is 0.406 e. The van der Waals surface area contributed by atoms with Crippen molar-refractivity contribution < 1.29 is 0 Å². The van der Waals surface area contributed by atoms with Gasteiger partial charge in [-0.15, -0.1) is 0 Å². The highest BCUT2D eigenvalue weighted by molar-refractivity contribution is 6.40. The second-order valence-corrected chi connectivity index (χ2v) is 5.09. The van der Waals surface area contributed by atoms with Crippen molar-refractivity contribution in [2.45, 2.75) is 6.55 Å². The maximum Gasteiger partial charge on any atom is 0.120 e. The molecule has 0 aliphatic rings. The van der Waals surface area contributed by atoms with Crippen LogP contribution in [-0.2, 0) is 0 Å². The summed E-state index contributed by atoms with van der Waals surface area (Å²) in [6, 6.07) is 15.1. The summed E-state index contributed by atoms with van der Waals surface area (Å²) in [5.41, 5.74) is 1.37. The fourth-order valence-corrected chi connectivity index (χ4v) is 2.33. The van der Waals surface area contributed by atoms with E-state index in [1.54, 1.807) is 0 Å². The SMILES string of the molecule is C[SiH2]N(C)c1cccc2ccccc12. The molecular weight excluding hydrogens is 186 g/mol. The number of nitrogens with zero attached hydrogens (tertiary/aromatic N) is 1. The summed E-state index contributed by atoms with van der Waals surface area (Å²) in [6.07, 6.45) is 0. The molecule has 0 bridgehead atoms. The van der Waals surface area contributed by atoms with Gasteiger partial charge in [0.15, 0.2) is 0 Å². The van der Waals surface area contributed by atoms with Crippen molar-refractivity contribution in [3.8, 4) is 0 Å². The summed E-state index contributed by atoms with van der Waals surface area (Å²) >= 11 is 0. The minimum Gasteiger partial charge on any atom is -0.406 e. The van der Waals surface area contributed by atoms with Crippen LogP contribution in [0, 0.1) is 0 Å². The molecule has 0 aliphatic heterocycles. The Morgan fingerprint density at radius 2 is 1.71 bits per heavy atom. The van der Waals surface area contributed by atoms with Gasteiger partial charge in [0.05, 0.1) is 0 Å². The van der Waals surface area contributed by atoms with Gasteiger partial charge in [-0.1, -0.05) is 42.9 Å². The van der Waals surface area contributed by atoms with Crippen LogP contribution in [0.4, 0.5) is 5.69 Å². The van der Waals surface area contributed by atoms with E-state index < -0.39 is 0 Å². The molecule has 14 heavy (non-hydrogen) atoms. The lowest BCUT2D eigenvalue weighted by Crippen LogP contribution is -2.19. The van der Waals surface area contributed by atoms with Gasteiger partial charge in [-0.25, -0.2) is 0 Å². The third-order valence-electron chi connectivity index (χ3n) is 2.65. The first kappa shape index (κ1) is 9.28. The summed E-state index contributed by atoms with van der Waals surface area (Å²) in [4.78, 5) is 0. The molecule has 0 radical (unpaired) electrons. The number of hydrogen-bond donors (Lipinski definition) is 0. The Morgan fingerprint density at radius 3 is 2.50 bits per heavy atom. The molecule has 2 aromatic carbocycles. The molecule has 0 fully saturated rings. The van der Waals surface area contributed by atoms with Crippen molar-refractivity contribution in [3.05, 3.63) is 42.5 Å². The van der Waals surface area contributed by atoms with Crippen LogP contribution < -0.4 is 4.57 Å². The highest BCUT2D eigenvalue weighted by atomic mass is 28.2. The Kier molecular flexibility index (Phi) is 2.55. The van der Waals surface area contributed by atoms with E-state index in [9.17, 15) is 0 Å². The smallest absolute Gasteiger partial charge is 0.120 e. The molecule has 2 aromatic rings. The van der Waals surface area contributed by atoms with Crippen molar-refractivity contribution in [2.75, 3.05) is 11.6 Å². The molecule has 0 atom stereocenters. The third-order valence-corrected chi connectivity index (χ3v) is 3.94. The average Bonchev–Trinajstić information content (AvgIpc) is 2.27. The van der Waals surface area contributed by atoms with Crippen LogP contribution in [0.3, 0.4) is 0 Å². The number of anilines is 1. The van der Waals surface area contributed by atoms with E-state index >= 15 is 0 Å². The van der Waals surface area contributed by atoms with Gasteiger partial charge in [0.1, 0.15) is 9.68 Å². The predicted molar refractivity (Wildman–Crippen MR) is 66.8 cm³/mol. The third kappa shape index (κ3) is 1.53. The Morgan fingerprint density at radius 1 is 1.00 bits per heavy atom. The summed E-state index contributed by atoms with van der Waals surface area (Å²) in [5.74, 6) is 0. The Balaban J connectivity index is 2.65. The van der Waals surface area contributed by atoms with E-state index in [2.05, 4.69) is 60.6 Å². The monoisotopic (exact) mass is 201 g/mol. The van der Waals surface area contributed by atoms with Crippen molar-refractivity contribution in [2.24, 2.45) is 0 Å². The first-order chi connectivity index (χ1) is 6.83. The van der Waals surface area contributed by atoms with Gasteiger partial charge >= 0.3 is 0 Å². The van der Waals surface area contributed by atoms with Gasteiger partial charge in [-0.3, -0.25) is 0 Å². The molecule has 1 nitrogen and oxygen atoms in total. The van der Waals surface area contributed by atoms with Crippen LogP contribution in [0.2, 0.25) is 6.55 Å². The minimum absolute atomic E-state index is 0.115. The maximum absolute atomic E-state index is 2.41. The van der Waals surface area contributed by atoms with Gasteiger partial charge in [0, 0.05) is 11.1 Å². The maximum atomic E-state index is 2.41. The zero-order chi connectivity index (χ0) is 9.97. The lowest BCUT2D eigenvalue weighted by atomic mass is 10.1. The summed E-state index contributed by atoms with van der Waals surface area (Å²) in [6.45, 7) is 2.31. The van der Waals surface area contributed by atoms with E-state index in [0.29, 0.717) is 0 Å². The van der Waals surface area contributed by atoms with Crippen LogP contribution in [0.25, 0.3) is 10.8 Å². The molecule has 2 rings (SSSR count). The van der Waals surface area contributed by atoms with Crippen molar-refractivity contribution in [3.63, 3.8) is 0 Å². The molecule has 72 valence electrons. The van der Waals surface area contributed by atoms with Crippen LogP contribution in [0.1, 0.15) is 0 Å². The van der Waals surface area contributed by atoms with Crippen LogP contribution in [0.5, 0.6) is 0 Å². The molecule has 2 heteroatoms. The highest BCUT2D eigenvalue weighted by Crippen LogP contribution is 2.24. The number of hydrogen-bond acceptors (Lipinski definition) is 1. The first-order valence-corrected chi connectivity index (χ1v) is 7.06. The molecule has 0 amide bonds. The van der Waals surface area contributed by atoms with E-state index in [1.807, 2.05) is 0 Å². The van der Waals surface area contributed by atoms with Crippen LogP contribution in [-0.4, -0.2) is 16.7 Å². The lowest BCUT2D eigenvalue weighted by Gasteiger charge is -2.19. The van der Waals surface area contributed by atoms with Gasteiger partial charge in [0.2, 0.25) is 0 Å². The normalized spacial score (nSPS) is 11.3. The van der Waals surface area contributed by atoms with E-state index in [0.717, 1.165) is 0 Å².